The lowest BCUT2D eigenvalue weighted by Gasteiger charge is -2.31. The van der Waals surface area contributed by atoms with Gasteiger partial charge in [-0.25, -0.2) is 4.98 Å². The molecule has 182 valence electrons. The maximum atomic E-state index is 13.0. The highest BCUT2D eigenvalue weighted by molar-refractivity contribution is 5.95. The number of aromatic nitrogens is 1. The van der Waals surface area contributed by atoms with Crippen LogP contribution in [0.5, 0.6) is 0 Å². The second kappa shape index (κ2) is 10.7. The number of nitrogens with one attached hydrogen (secondary N) is 2. The van der Waals surface area contributed by atoms with Gasteiger partial charge >= 0.3 is 0 Å². The summed E-state index contributed by atoms with van der Waals surface area (Å²) in [5.74, 6) is 1.35. The van der Waals surface area contributed by atoms with Crippen LogP contribution in [0.2, 0.25) is 0 Å². The molecule has 0 spiro atoms. The first-order chi connectivity index (χ1) is 16.6. The van der Waals surface area contributed by atoms with Gasteiger partial charge < -0.3 is 25.4 Å². The Morgan fingerprint density at radius 1 is 1.15 bits per heavy atom. The number of amides is 1. The lowest BCUT2D eigenvalue weighted by molar-refractivity contribution is 0.0842. The van der Waals surface area contributed by atoms with Gasteiger partial charge in [0.25, 0.3) is 5.91 Å². The monoisotopic (exact) mass is 465 g/mol. The minimum Gasteiger partial charge on any atom is -0.390 e. The molecule has 1 aliphatic carbocycles. The predicted octanol–water partition coefficient (Wildman–Crippen LogP) is 2.03. The van der Waals surface area contributed by atoms with Crippen LogP contribution < -0.4 is 15.5 Å². The molecule has 8 heteroatoms. The van der Waals surface area contributed by atoms with Crippen LogP contribution in [0.3, 0.4) is 0 Å². The minimum atomic E-state index is -0.623. The molecule has 2 fully saturated rings. The number of anilines is 2. The Balaban J connectivity index is 1.19. The molecule has 1 amide bonds. The van der Waals surface area contributed by atoms with Crippen molar-refractivity contribution in [1.82, 2.24) is 15.2 Å². The molecular weight excluding hydrogens is 430 g/mol. The van der Waals surface area contributed by atoms with Crippen LogP contribution in [0.25, 0.3) is 0 Å². The Kier molecular flexibility index (Phi) is 7.27. The highest BCUT2D eigenvalue weighted by Gasteiger charge is 2.22. The second-order valence-corrected chi connectivity index (χ2v) is 9.59. The number of aliphatic hydroxyl groups excluding tert-OH is 1. The fraction of sp³-hybridized carbons (Fsp3) is 0.538. The molecule has 1 saturated heterocycles. The van der Waals surface area contributed by atoms with Crippen LogP contribution in [-0.2, 0) is 17.7 Å². The summed E-state index contributed by atoms with van der Waals surface area (Å²) in [6.45, 7) is 5.37. The number of ether oxygens (including phenoxy) is 1. The van der Waals surface area contributed by atoms with Gasteiger partial charge in [-0.1, -0.05) is 24.3 Å². The molecule has 0 radical (unpaired) electrons. The minimum absolute atomic E-state index is 0.184. The van der Waals surface area contributed by atoms with Gasteiger partial charge in [0.15, 0.2) is 0 Å². The van der Waals surface area contributed by atoms with Crippen LogP contribution in [0, 0.1) is 0 Å². The topological polar surface area (TPSA) is 90.0 Å². The summed E-state index contributed by atoms with van der Waals surface area (Å²) < 4.78 is 5.47. The molecule has 0 bridgehead atoms. The third kappa shape index (κ3) is 5.68. The van der Waals surface area contributed by atoms with Gasteiger partial charge in [0.05, 0.1) is 19.3 Å². The molecule has 1 atom stereocenters. The highest BCUT2D eigenvalue weighted by atomic mass is 16.5. The van der Waals surface area contributed by atoms with Gasteiger partial charge in [0.1, 0.15) is 11.6 Å². The summed E-state index contributed by atoms with van der Waals surface area (Å²) in [7, 11) is 0. The van der Waals surface area contributed by atoms with E-state index >= 15 is 0 Å². The first-order valence-electron chi connectivity index (χ1n) is 12.5. The van der Waals surface area contributed by atoms with E-state index in [0.717, 1.165) is 57.1 Å². The molecule has 34 heavy (non-hydrogen) atoms. The number of benzene rings is 1. The Bertz CT molecular complexity index is 990. The zero-order chi connectivity index (χ0) is 23.3. The van der Waals surface area contributed by atoms with E-state index in [-0.39, 0.29) is 12.5 Å². The number of pyridine rings is 1. The fourth-order valence-corrected chi connectivity index (χ4v) is 4.82. The van der Waals surface area contributed by atoms with Gasteiger partial charge in [-0.2, -0.15) is 0 Å². The first-order valence-corrected chi connectivity index (χ1v) is 12.5. The van der Waals surface area contributed by atoms with E-state index < -0.39 is 6.10 Å². The molecule has 8 nitrogen and oxygen atoms in total. The normalized spacial score (nSPS) is 19.7. The van der Waals surface area contributed by atoms with Gasteiger partial charge in [-0.05, 0) is 48.9 Å². The van der Waals surface area contributed by atoms with Crippen molar-refractivity contribution in [3.8, 4) is 0 Å². The summed E-state index contributed by atoms with van der Waals surface area (Å²) in [5.41, 5.74) is 3.28. The molecule has 3 aliphatic rings. The number of carbonyl (C=O) groups excluding carboxylic acids is 1. The Labute approximate surface area is 201 Å². The third-order valence-electron chi connectivity index (χ3n) is 7.04. The zero-order valence-electron chi connectivity index (χ0n) is 19.7. The van der Waals surface area contributed by atoms with E-state index in [9.17, 15) is 9.90 Å². The second-order valence-electron chi connectivity index (χ2n) is 9.59. The Morgan fingerprint density at radius 2 is 1.94 bits per heavy atom. The largest absolute Gasteiger partial charge is 0.390 e. The van der Waals surface area contributed by atoms with Gasteiger partial charge in [0.2, 0.25) is 0 Å². The molecule has 1 aromatic heterocycles. The Hall–Kier alpha value is -2.68. The molecule has 1 saturated carbocycles. The summed E-state index contributed by atoms with van der Waals surface area (Å²) in [6, 6.07) is 12.6. The maximum Gasteiger partial charge on any atom is 0.251 e. The number of hydrogen-bond acceptors (Lipinski definition) is 7. The third-order valence-corrected chi connectivity index (χ3v) is 7.04. The van der Waals surface area contributed by atoms with E-state index in [4.69, 9.17) is 9.72 Å². The fourth-order valence-electron chi connectivity index (χ4n) is 4.82. The van der Waals surface area contributed by atoms with E-state index in [0.29, 0.717) is 31.4 Å². The van der Waals surface area contributed by atoms with Crippen LogP contribution in [-0.4, -0.2) is 79.0 Å². The number of β-amino-alcohol motifs (C(OH)–C–C–N with tert-alkyl or cyclic N) is 1. The quantitative estimate of drug-likeness (QED) is 0.550. The van der Waals surface area contributed by atoms with Gasteiger partial charge in [-0.15, -0.1) is 0 Å². The van der Waals surface area contributed by atoms with Crippen molar-refractivity contribution in [1.29, 1.82) is 0 Å². The summed E-state index contributed by atoms with van der Waals surface area (Å²) in [6.07, 6.45) is 3.88. The van der Waals surface area contributed by atoms with Crippen LogP contribution in [0.1, 0.15) is 40.7 Å². The first kappa shape index (κ1) is 23.1. The average Bonchev–Trinajstić information content (AvgIpc) is 2.85. The molecular formula is C26H35N5O3. The number of rotatable bonds is 8. The van der Waals surface area contributed by atoms with E-state index in [1.165, 1.54) is 17.5 Å². The van der Waals surface area contributed by atoms with Crippen molar-refractivity contribution in [2.24, 2.45) is 0 Å². The smallest absolute Gasteiger partial charge is 0.251 e. The predicted molar refractivity (Wildman–Crippen MR) is 132 cm³/mol. The lowest BCUT2D eigenvalue weighted by atomic mass is 9.93. The Morgan fingerprint density at radius 3 is 2.71 bits per heavy atom. The van der Waals surface area contributed by atoms with Crippen LogP contribution in [0.15, 0.2) is 36.4 Å². The van der Waals surface area contributed by atoms with E-state index in [2.05, 4.69) is 44.7 Å². The van der Waals surface area contributed by atoms with Gasteiger partial charge in [-0.3, -0.25) is 9.69 Å². The number of aliphatic hydroxyl groups is 1. The summed E-state index contributed by atoms with van der Waals surface area (Å²) in [4.78, 5) is 22.2. The number of carbonyl (C=O) groups is 1. The van der Waals surface area contributed by atoms with Crippen LogP contribution in [0.4, 0.5) is 11.6 Å². The highest BCUT2D eigenvalue weighted by Crippen LogP contribution is 2.25. The molecule has 1 unspecified atom stereocenters. The standard InChI is InChI=1S/C26H35N5O3/c32-23(18-30-9-8-19-4-1-2-5-20(19)17-30)16-27-26(33)21-14-24(28-22-6-3-7-22)29-25(15-21)31-10-12-34-13-11-31/h1-2,4-5,14-15,22-23,32H,3,6-13,16-18H2,(H,27,33)(H,28,29). The summed E-state index contributed by atoms with van der Waals surface area (Å²) >= 11 is 0. The zero-order valence-corrected chi connectivity index (χ0v) is 19.7. The SMILES string of the molecule is O=C(NCC(O)CN1CCc2ccccc2C1)c1cc(NC2CCC2)nc(N2CCOCC2)c1. The number of morpholine rings is 1. The van der Waals surface area contributed by atoms with E-state index in [1.807, 2.05) is 12.1 Å². The molecule has 1 aromatic carbocycles. The van der Waals surface area contributed by atoms with Crippen molar-refractivity contribution in [3.63, 3.8) is 0 Å². The van der Waals surface area contributed by atoms with Gasteiger partial charge in [0, 0.05) is 50.9 Å². The van der Waals surface area contributed by atoms with Crippen LogP contribution >= 0.6 is 0 Å². The lowest BCUT2D eigenvalue weighted by Crippen LogP contribution is -2.42. The average molecular weight is 466 g/mol. The van der Waals surface area contributed by atoms with Crippen molar-refractivity contribution < 1.29 is 14.6 Å². The molecule has 3 N–H and O–H groups in total. The molecule has 2 aliphatic heterocycles. The molecule has 3 heterocycles. The maximum absolute atomic E-state index is 13.0. The number of nitrogens with zero attached hydrogens (tertiary/aromatic N) is 3. The molecule has 2 aromatic rings. The number of fused-ring (bicyclic) bond motifs is 1. The van der Waals surface area contributed by atoms with Crippen molar-refractivity contribution in [3.05, 3.63) is 53.1 Å². The van der Waals surface area contributed by atoms with Crippen molar-refractivity contribution in [2.75, 3.05) is 56.2 Å². The van der Waals surface area contributed by atoms with Crippen molar-refractivity contribution >= 4 is 17.5 Å². The van der Waals surface area contributed by atoms with Crippen molar-refractivity contribution in [2.45, 2.75) is 44.4 Å². The molecule has 5 rings (SSSR count). The van der Waals surface area contributed by atoms with E-state index in [1.54, 1.807) is 0 Å². The summed E-state index contributed by atoms with van der Waals surface area (Å²) in [5, 5.41) is 17.0. The number of hydrogen-bond donors (Lipinski definition) is 3.